The van der Waals surface area contributed by atoms with Crippen LogP contribution in [0, 0.1) is 17.5 Å². The molecule has 10 heteroatoms. The van der Waals surface area contributed by atoms with Crippen molar-refractivity contribution in [1.82, 2.24) is 9.97 Å². The van der Waals surface area contributed by atoms with Gasteiger partial charge in [0.05, 0.1) is 33.0 Å². The van der Waals surface area contributed by atoms with Crippen LogP contribution in [0.5, 0.6) is 0 Å². The molecule has 0 saturated carbocycles. The van der Waals surface area contributed by atoms with Gasteiger partial charge in [-0.3, -0.25) is 14.5 Å². The summed E-state index contributed by atoms with van der Waals surface area (Å²) in [6.07, 6.45) is 1.41. The van der Waals surface area contributed by atoms with Crippen LogP contribution in [-0.4, -0.2) is 26.8 Å². The highest BCUT2D eigenvalue weighted by Gasteiger charge is 2.46. The molecule has 1 amide bonds. The number of carbonyl (C=O) groups excluding carboxylic acids is 2. The van der Waals surface area contributed by atoms with E-state index in [1.807, 2.05) is 0 Å². The summed E-state index contributed by atoms with van der Waals surface area (Å²) in [5, 5.41) is 10.3. The van der Waals surface area contributed by atoms with Crippen molar-refractivity contribution in [3.63, 3.8) is 0 Å². The van der Waals surface area contributed by atoms with Crippen molar-refractivity contribution in [3.8, 4) is 0 Å². The number of ketones is 1. The highest BCUT2D eigenvalue weighted by molar-refractivity contribution is 9.10. The molecule has 2 N–H and O–H groups in total. The maximum Gasteiger partial charge on any atom is 0.294 e. The maximum absolute atomic E-state index is 14.7. The van der Waals surface area contributed by atoms with Gasteiger partial charge in [-0.05, 0) is 47.1 Å². The van der Waals surface area contributed by atoms with Crippen molar-refractivity contribution in [1.29, 1.82) is 0 Å². The summed E-state index contributed by atoms with van der Waals surface area (Å²) in [5.74, 6) is -6.93. The molecule has 0 aliphatic carbocycles. The predicted molar refractivity (Wildman–Crippen MR) is 101 cm³/mol. The first-order chi connectivity index (χ1) is 13.7. The van der Waals surface area contributed by atoms with Crippen LogP contribution in [0.15, 0.2) is 46.4 Å². The fraction of sp³-hybridized carbons (Fsp3) is 0.105. The zero-order chi connectivity index (χ0) is 21.0. The molecule has 1 aromatic heterocycles. The first-order valence-electron chi connectivity index (χ1n) is 8.26. The second-order valence-electron chi connectivity index (χ2n) is 6.38. The monoisotopic (exact) mass is 465 g/mol. The second kappa shape index (κ2) is 6.73. The van der Waals surface area contributed by atoms with E-state index in [0.29, 0.717) is 17.1 Å². The fourth-order valence-corrected chi connectivity index (χ4v) is 3.78. The lowest BCUT2D eigenvalue weighted by Gasteiger charge is -2.27. The van der Waals surface area contributed by atoms with Crippen LogP contribution in [0.4, 0.5) is 18.9 Å². The molecule has 1 atom stereocenters. The molecule has 0 spiro atoms. The number of aromatic nitrogens is 2. The number of aliphatic hydroxyl groups is 1. The minimum atomic E-state index is -1.70. The number of Topliss-reactive ketones (excluding diaryl/α,β-unsaturated/α-hetero) is 1. The number of carbonyl (C=O) groups is 2. The van der Waals surface area contributed by atoms with Gasteiger partial charge in [-0.1, -0.05) is 0 Å². The van der Waals surface area contributed by atoms with Crippen molar-refractivity contribution >= 4 is 44.3 Å². The number of imidazole rings is 1. The van der Waals surface area contributed by atoms with Crippen LogP contribution in [-0.2, 0) is 9.59 Å². The minimum Gasteiger partial charge on any atom is -0.503 e. The average molecular weight is 466 g/mol. The lowest BCUT2D eigenvalue weighted by Crippen LogP contribution is -2.32. The molecular weight excluding hydrogens is 455 g/mol. The highest BCUT2D eigenvalue weighted by atomic mass is 79.9. The van der Waals surface area contributed by atoms with Crippen LogP contribution >= 0.6 is 15.9 Å². The molecule has 148 valence electrons. The van der Waals surface area contributed by atoms with Crippen molar-refractivity contribution in [3.05, 3.63) is 69.4 Å². The largest absolute Gasteiger partial charge is 0.503 e. The van der Waals surface area contributed by atoms with Gasteiger partial charge in [0.25, 0.3) is 5.91 Å². The third-order valence-electron chi connectivity index (χ3n) is 4.69. The number of hydrogen-bond donors (Lipinski definition) is 2. The summed E-state index contributed by atoms with van der Waals surface area (Å²) in [4.78, 5) is 32.6. The zero-order valence-corrected chi connectivity index (χ0v) is 16.2. The van der Waals surface area contributed by atoms with Gasteiger partial charge in [0, 0.05) is 5.69 Å². The van der Waals surface area contributed by atoms with Crippen LogP contribution in [0.25, 0.3) is 11.0 Å². The Labute approximate surface area is 169 Å². The molecular formula is C19H11BrF3N3O3. The Hall–Kier alpha value is -3.14. The van der Waals surface area contributed by atoms with Gasteiger partial charge in [-0.2, -0.15) is 0 Å². The van der Waals surface area contributed by atoms with E-state index >= 15 is 0 Å². The SMILES string of the molecule is CC(=O)C1=C(O)C(=O)N(c2ccc3[nH]cnc3c2)C1c1c(F)cc(Br)c(F)c1F. The number of nitrogens with one attached hydrogen (secondary N) is 1. The molecule has 4 rings (SSSR count). The maximum atomic E-state index is 14.7. The number of nitrogens with zero attached hydrogens (tertiary/aromatic N) is 2. The molecule has 0 saturated heterocycles. The number of benzene rings is 2. The predicted octanol–water partition coefficient (Wildman–Crippen LogP) is 4.23. The molecule has 0 radical (unpaired) electrons. The van der Waals surface area contributed by atoms with Crippen molar-refractivity contribution in [2.75, 3.05) is 4.90 Å². The number of fused-ring (bicyclic) bond motifs is 1. The van der Waals surface area contributed by atoms with Gasteiger partial charge >= 0.3 is 0 Å². The molecule has 29 heavy (non-hydrogen) atoms. The molecule has 2 aromatic carbocycles. The molecule has 1 unspecified atom stereocenters. The smallest absolute Gasteiger partial charge is 0.294 e. The van der Waals surface area contributed by atoms with Crippen LogP contribution in [0.3, 0.4) is 0 Å². The Morgan fingerprint density at radius 1 is 1.24 bits per heavy atom. The quantitative estimate of drug-likeness (QED) is 0.447. The van der Waals surface area contributed by atoms with Gasteiger partial charge < -0.3 is 10.1 Å². The Morgan fingerprint density at radius 2 is 1.97 bits per heavy atom. The molecule has 1 aliphatic rings. The normalized spacial score (nSPS) is 16.9. The van der Waals surface area contributed by atoms with E-state index in [9.17, 15) is 27.9 Å². The summed E-state index contributed by atoms with van der Waals surface area (Å²) >= 11 is 2.71. The Morgan fingerprint density at radius 3 is 2.66 bits per heavy atom. The topological polar surface area (TPSA) is 86.3 Å². The van der Waals surface area contributed by atoms with E-state index in [1.54, 1.807) is 6.07 Å². The molecule has 0 fully saturated rings. The Bertz CT molecular complexity index is 1240. The molecule has 6 nitrogen and oxygen atoms in total. The Balaban J connectivity index is 1.99. The lowest BCUT2D eigenvalue weighted by atomic mass is 9.95. The fourth-order valence-electron chi connectivity index (χ4n) is 3.41. The van der Waals surface area contributed by atoms with Gasteiger partial charge in [0.15, 0.2) is 23.2 Å². The summed E-state index contributed by atoms with van der Waals surface area (Å²) in [7, 11) is 0. The number of rotatable bonds is 3. The van der Waals surface area contributed by atoms with Gasteiger partial charge in [-0.15, -0.1) is 0 Å². The van der Waals surface area contributed by atoms with Crippen molar-refractivity contribution in [2.45, 2.75) is 13.0 Å². The Kier molecular flexibility index (Phi) is 4.45. The molecule has 3 aromatic rings. The zero-order valence-electron chi connectivity index (χ0n) is 14.6. The summed E-state index contributed by atoms with van der Waals surface area (Å²) in [6.45, 7) is 1.04. The van der Waals surface area contributed by atoms with Crippen LogP contribution < -0.4 is 4.90 Å². The van der Waals surface area contributed by atoms with E-state index in [0.717, 1.165) is 11.8 Å². The summed E-state index contributed by atoms with van der Waals surface area (Å²) < 4.78 is 43.2. The first kappa shape index (κ1) is 19.2. The van der Waals surface area contributed by atoms with Gasteiger partial charge in [-0.25, -0.2) is 18.2 Å². The van der Waals surface area contributed by atoms with Crippen LogP contribution in [0.1, 0.15) is 18.5 Å². The number of H-pyrrole nitrogens is 1. The standard InChI is InChI=1S/C19H11BrF3N3O3/c1-7(27)13-17(14-10(21)5-9(20)15(22)16(14)23)26(19(29)18(13)28)8-2-3-11-12(4-8)25-6-24-11/h2-6,17,28H,1H3,(H,24,25). The van der Waals surface area contributed by atoms with Crippen LogP contribution in [0.2, 0.25) is 0 Å². The minimum absolute atomic E-state index is 0.115. The number of hydrogen-bond acceptors (Lipinski definition) is 4. The number of halogens is 4. The van der Waals surface area contributed by atoms with E-state index in [1.165, 1.54) is 18.5 Å². The van der Waals surface area contributed by atoms with E-state index in [2.05, 4.69) is 25.9 Å². The number of aromatic amines is 1. The van der Waals surface area contributed by atoms with Gasteiger partial charge in [0.2, 0.25) is 0 Å². The highest BCUT2D eigenvalue weighted by Crippen LogP contribution is 2.44. The molecule has 1 aliphatic heterocycles. The lowest BCUT2D eigenvalue weighted by molar-refractivity contribution is -0.117. The summed E-state index contributed by atoms with van der Waals surface area (Å²) in [6, 6.07) is 3.46. The van der Waals surface area contributed by atoms with E-state index in [-0.39, 0.29) is 5.69 Å². The number of aliphatic hydroxyl groups excluding tert-OH is 1. The molecule has 2 heterocycles. The van der Waals surface area contributed by atoms with Crippen molar-refractivity contribution < 1.29 is 27.9 Å². The van der Waals surface area contributed by atoms with Gasteiger partial charge in [0.1, 0.15) is 11.9 Å². The third kappa shape index (κ3) is 2.82. The third-order valence-corrected chi connectivity index (χ3v) is 5.27. The van der Waals surface area contributed by atoms with Crippen molar-refractivity contribution in [2.24, 2.45) is 0 Å². The first-order valence-corrected chi connectivity index (χ1v) is 9.05. The second-order valence-corrected chi connectivity index (χ2v) is 7.24. The number of amides is 1. The van der Waals surface area contributed by atoms with E-state index in [4.69, 9.17) is 0 Å². The average Bonchev–Trinajstić information content (AvgIpc) is 3.22. The number of anilines is 1. The van der Waals surface area contributed by atoms with E-state index < -0.39 is 56.6 Å². The molecule has 0 bridgehead atoms. The summed E-state index contributed by atoms with van der Waals surface area (Å²) in [5.41, 5.74) is -0.211.